The molecule has 0 radical (unpaired) electrons. The van der Waals surface area contributed by atoms with Crippen LogP contribution in [0.5, 0.6) is 0 Å². The van der Waals surface area contributed by atoms with Crippen molar-refractivity contribution in [1.82, 2.24) is 25.1 Å². The van der Waals surface area contributed by atoms with Crippen LogP contribution in [0.15, 0.2) is 53.4 Å². The van der Waals surface area contributed by atoms with E-state index in [1.165, 1.54) is 6.07 Å². The first kappa shape index (κ1) is 14.3. The average molecular weight is 321 g/mol. The van der Waals surface area contributed by atoms with Crippen LogP contribution < -0.4 is 0 Å². The molecule has 3 aromatic heterocycles. The topological polar surface area (TPSA) is 80.5 Å². The molecule has 0 atom stereocenters. The summed E-state index contributed by atoms with van der Waals surface area (Å²) in [4.78, 5) is 15.8. The number of hydrogen-bond acceptors (Lipinski definition) is 5. The largest absolute Gasteiger partial charge is 0.360 e. The molecular weight excluding hydrogens is 309 g/mol. The second-order valence-corrected chi connectivity index (χ2v) is 5.16. The van der Waals surface area contributed by atoms with E-state index >= 15 is 0 Å². The van der Waals surface area contributed by atoms with Gasteiger partial charge in [0.05, 0.1) is 17.5 Å². The average Bonchev–Trinajstić information content (AvgIpc) is 3.23. The smallest absolute Gasteiger partial charge is 0.195 e. The molecule has 0 bridgehead atoms. The van der Waals surface area contributed by atoms with Gasteiger partial charge in [-0.25, -0.2) is 19.3 Å². The van der Waals surface area contributed by atoms with Gasteiger partial charge in [-0.05, 0) is 25.1 Å². The Morgan fingerprint density at radius 2 is 1.83 bits per heavy atom. The van der Waals surface area contributed by atoms with Crippen LogP contribution >= 0.6 is 0 Å². The Hall–Kier alpha value is -3.35. The lowest BCUT2D eigenvalue weighted by molar-refractivity contribution is 0.400. The first-order valence-electron chi connectivity index (χ1n) is 7.28. The summed E-state index contributed by atoms with van der Waals surface area (Å²) in [7, 11) is 0. The van der Waals surface area contributed by atoms with Crippen molar-refractivity contribution in [1.29, 1.82) is 0 Å². The van der Waals surface area contributed by atoms with Gasteiger partial charge in [0.2, 0.25) is 0 Å². The normalized spacial score (nSPS) is 10.9. The number of rotatable bonds is 3. The van der Waals surface area contributed by atoms with E-state index < -0.39 is 0 Å². The number of H-pyrrole nitrogens is 1. The number of aromatic nitrogens is 5. The highest BCUT2D eigenvalue weighted by Gasteiger charge is 2.21. The van der Waals surface area contributed by atoms with Crippen LogP contribution in [0.25, 0.3) is 34.2 Å². The van der Waals surface area contributed by atoms with Crippen molar-refractivity contribution in [2.24, 2.45) is 0 Å². The first-order chi connectivity index (χ1) is 11.7. The molecule has 0 aliphatic rings. The van der Waals surface area contributed by atoms with E-state index in [1.54, 1.807) is 49.8 Å². The fraction of sp³-hybridized carbons (Fsp3) is 0.0588. The molecule has 3 heterocycles. The number of aromatic amines is 1. The van der Waals surface area contributed by atoms with E-state index in [2.05, 4.69) is 25.1 Å². The van der Waals surface area contributed by atoms with Crippen LogP contribution in [-0.2, 0) is 0 Å². The highest BCUT2D eigenvalue weighted by Crippen LogP contribution is 2.34. The minimum atomic E-state index is -0.363. The van der Waals surface area contributed by atoms with E-state index in [1.807, 2.05) is 0 Å². The molecule has 7 heteroatoms. The lowest BCUT2D eigenvalue weighted by Gasteiger charge is -2.02. The number of halogens is 1. The number of nitrogens with one attached hydrogen (secondary N) is 1. The molecule has 118 valence electrons. The molecule has 24 heavy (non-hydrogen) atoms. The quantitative estimate of drug-likeness (QED) is 0.623. The Bertz CT molecular complexity index is 993. The van der Waals surface area contributed by atoms with Crippen molar-refractivity contribution in [2.45, 2.75) is 6.92 Å². The summed E-state index contributed by atoms with van der Waals surface area (Å²) >= 11 is 0. The van der Waals surface area contributed by atoms with Crippen molar-refractivity contribution < 1.29 is 8.91 Å². The van der Waals surface area contributed by atoms with Gasteiger partial charge in [0.25, 0.3) is 0 Å². The minimum Gasteiger partial charge on any atom is -0.360 e. The van der Waals surface area contributed by atoms with E-state index in [-0.39, 0.29) is 5.82 Å². The second-order valence-electron chi connectivity index (χ2n) is 5.16. The zero-order valence-electron chi connectivity index (χ0n) is 12.7. The zero-order chi connectivity index (χ0) is 16.5. The fourth-order valence-corrected chi connectivity index (χ4v) is 2.51. The maximum absolute atomic E-state index is 14.1. The molecule has 4 rings (SSSR count). The van der Waals surface area contributed by atoms with Gasteiger partial charge in [-0.3, -0.25) is 0 Å². The van der Waals surface area contributed by atoms with Crippen LogP contribution in [0.4, 0.5) is 4.39 Å². The Morgan fingerprint density at radius 1 is 1.04 bits per heavy atom. The maximum atomic E-state index is 14.1. The molecule has 0 spiro atoms. The molecule has 0 saturated heterocycles. The maximum Gasteiger partial charge on any atom is 0.195 e. The van der Waals surface area contributed by atoms with Crippen molar-refractivity contribution in [3.63, 3.8) is 0 Å². The number of nitrogens with zero attached hydrogens (tertiary/aromatic N) is 4. The molecule has 0 amide bonds. The predicted octanol–water partition coefficient (Wildman–Crippen LogP) is 3.64. The summed E-state index contributed by atoms with van der Waals surface area (Å²) < 4.78 is 19.4. The van der Waals surface area contributed by atoms with Crippen molar-refractivity contribution in [2.75, 3.05) is 0 Å². The van der Waals surface area contributed by atoms with Gasteiger partial charge >= 0.3 is 0 Å². The van der Waals surface area contributed by atoms with Crippen molar-refractivity contribution in [3.8, 4) is 34.2 Å². The van der Waals surface area contributed by atoms with Crippen LogP contribution in [0.1, 0.15) is 5.76 Å². The lowest BCUT2D eigenvalue weighted by atomic mass is 10.0. The van der Waals surface area contributed by atoms with E-state index in [0.717, 1.165) is 0 Å². The summed E-state index contributed by atoms with van der Waals surface area (Å²) in [5, 5.41) is 4.01. The fourth-order valence-electron chi connectivity index (χ4n) is 2.51. The predicted molar refractivity (Wildman–Crippen MR) is 85.2 cm³/mol. The number of aryl methyl sites for hydroxylation is 1. The SMILES string of the molecule is Cc1onc(-c2ccccc2F)c1-c1cnc(-c2ncccn2)[nH]1. The molecule has 6 nitrogen and oxygen atoms in total. The molecule has 0 saturated carbocycles. The third-order valence-electron chi connectivity index (χ3n) is 3.61. The van der Waals surface area contributed by atoms with Crippen LogP contribution in [0.2, 0.25) is 0 Å². The van der Waals surface area contributed by atoms with Crippen LogP contribution in [0, 0.1) is 12.7 Å². The Morgan fingerprint density at radius 3 is 2.62 bits per heavy atom. The van der Waals surface area contributed by atoms with Gasteiger partial charge in [0.1, 0.15) is 17.3 Å². The van der Waals surface area contributed by atoms with Crippen LogP contribution in [-0.4, -0.2) is 25.1 Å². The zero-order valence-corrected chi connectivity index (χ0v) is 12.7. The molecular formula is C17H12FN5O. The Balaban J connectivity index is 1.83. The summed E-state index contributed by atoms with van der Waals surface area (Å²) in [5.74, 6) is 1.20. The first-order valence-corrected chi connectivity index (χ1v) is 7.28. The van der Waals surface area contributed by atoms with Gasteiger partial charge in [0, 0.05) is 18.0 Å². The number of benzene rings is 1. The van der Waals surface area contributed by atoms with Gasteiger partial charge in [-0.15, -0.1) is 0 Å². The monoisotopic (exact) mass is 321 g/mol. The minimum absolute atomic E-state index is 0.363. The molecule has 0 aliphatic carbocycles. The van der Waals surface area contributed by atoms with Gasteiger partial charge in [-0.2, -0.15) is 0 Å². The lowest BCUT2D eigenvalue weighted by Crippen LogP contribution is -1.90. The van der Waals surface area contributed by atoms with Gasteiger partial charge in [-0.1, -0.05) is 17.3 Å². The van der Waals surface area contributed by atoms with Crippen molar-refractivity contribution >= 4 is 0 Å². The molecule has 0 unspecified atom stereocenters. The van der Waals surface area contributed by atoms with Gasteiger partial charge < -0.3 is 9.51 Å². The Labute approximate surface area is 136 Å². The third-order valence-corrected chi connectivity index (χ3v) is 3.61. The summed E-state index contributed by atoms with van der Waals surface area (Å²) in [6, 6.07) is 8.16. The summed E-state index contributed by atoms with van der Waals surface area (Å²) in [6.07, 6.45) is 4.91. The molecule has 0 fully saturated rings. The highest BCUT2D eigenvalue weighted by molar-refractivity contribution is 5.80. The molecule has 1 N–H and O–H groups in total. The van der Waals surface area contributed by atoms with E-state index in [0.29, 0.717) is 39.9 Å². The van der Waals surface area contributed by atoms with E-state index in [4.69, 9.17) is 4.52 Å². The number of imidazole rings is 1. The molecule has 4 aromatic rings. The van der Waals surface area contributed by atoms with Crippen LogP contribution in [0.3, 0.4) is 0 Å². The summed E-state index contributed by atoms with van der Waals surface area (Å²) in [6.45, 7) is 1.77. The Kier molecular flexibility index (Phi) is 3.38. The van der Waals surface area contributed by atoms with Gasteiger partial charge in [0.15, 0.2) is 11.6 Å². The standard InChI is InChI=1S/C17H12FN5O/c1-10-14(15(23-24-10)11-5-2-3-6-12(11)18)13-9-21-17(22-13)16-19-7-4-8-20-16/h2-9H,1H3,(H,21,22). The summed E-state index contributed by atoms with van der Waals surface area (Å²) in [5.41, 5.74) is 2.12. The van der Waals surface area contributed by atoms with E-state index in [9.17, 15) is 4.39 Å². The number of hydrogen-bond donors (Lipinski definition) is 1. The third kappa shape index (κ3) is 2.36. The molecule has 0 aliphatic heterocycles. The van der Waals surface area contributed by atoms with Crippen molar-refractivity contribution in [3.05, 3.63) is 60.5 Å². The highest BCUT2D eigenvalue weighted by atomic mass is 19.1. The second kappa shape index (κ2) is 5.69. The molecule has 1 aromatic carbocycles.